The van der Waals surface area contributed by atoms with Crippen LogP contribution in [0.5, 0.6) is 0 Å². The van der Waals surface area contributed by atoms with Crippen LogP contribution in [0.1, 0.15) is 13.8 Å². The lowest BCUT2D eigenvalue weighted by Gasteiger charge is -2.16. The maximum atomic E-state index is 8.78. The maximum Gasteiger partial charge on any atom is 0.163 e. The van der Waals surface area contributed by atoms with Crippen molar-refractivity contribution < 1.29 is 19.7 Å². The van der Waals surface area contributed by atoms with Crippen LogP contribution >= 0.6 is 0 Å². The van der Waals surface area contributed by atoms with E-state index in [9.17, 15) is 0 Å². The fraction of sp³-hybridized carbons (Fsp3) is 1.00. The summed E-state index contributed by atoms with van der Waals surface area (Å²) in [6.45, 7) is 3.28. The molecule has 1 fully saturated rings. The van der Waals surface area contributed by atoms with Crippen molar-refractivity contribution >= 4 is 0 Å². The molecular formula is C7H14O4. The smallest absolute Gasteiger partial charge is 0.163 e. The van der Waals surface area contributed by atoms with Crippen molar-refractivity contribution in [3.05, 3.63) is 0 Å². The van der Waals surface area contributed by atoms with E-state index < -0.39 is 18.0 Å². The van der Waals surface area contributed by atoms with Gasteiger partial charge in [-0.25, -0.2) is 0 Å². The molecule has 1 aliphatic rings. The third-order valence-corrected chi connectivity index (χ3v) is 1.64. The monoisotopic (exact) mass is 162 g/mol. The summed E-state index contributed by atoms with van der Waals surface area (Å²) in [6, 6.07) is 0. The predicted molar refractivity (Wildman–Crippen MR) is 38.0 cm³/mol. The van der Waals surface area contributed by atoms with Gasteiger partial charge in [-0.15, -0.1) is 0 Å². The zero-order valence-electron chi connectivity index (χ0n) is 6.78. The van der Waals surface area contributed by atoms with E-state index in [4.69, 9.17) is 19.7 Å². The third-order valence-electron chi connectivity index (χ3n) is 1.64. The summed E-state index contributed by atoms with van der Waals surface area (Å²) in [6.07, 6.45) is -0.787. The van der Waals surface area contributed by atoms with Crippen molar-refractivity contribution in [3.63, 3.8) is 0 Å². The second-order valence-electron chi connectivity index (χ2n) is 3.08. The molecule has 0 bridgehead atoms. The molecule has 4 heteroatoms. The van der Waals surface area contributed by atoms with Crippen LogP contribution in [0, 0.1) is 0 Å². The lowest BCUT2D eigenvalue weighted by Crippen LogP contribution is -2.29. The first-order valence-corrected chi connectivity index (χ1v) is 3.66. The number of hydrogen-bond donors (Lipinski definition) is 2. The summed E-state index contributed by atoms with van der Waals surface area (Å²) in [5, 5.41) is 17.6. The molecule has 0 amide bonds. The Morgan fingerprint density at radius 2 is 1.45 bits per heavy atom. The molecule has 1 heterocycles. The van der Waals surface area contributed by atoms with E-state index in [-0.39, 0.29) is 13.2 Å². The Hall–Kier alpha value is -0.160. The fourth-order valence-corrected chi connectivity index (χ4v) is 1.22. The molecule has 2 atom stereocenters. The molecule has 0 aromatic rings. The number of rotatable bonds is 2. The minimum atomic E-state index is -0.680. The quantitative estimate of drug-likeness (QED) is 0.574. The largest absolute Gasteiger partial charge is 0.394 e. The molecule has 0 aliphatic carbocycles. The Morgan fingerprint density at radius 1 is 1.09 bits per heavy atom. The van der Waals surface area contributed by atoms with Crippen LogP contribution in [0.3, 0.4) is 0 Å². The van der Waals surface area contributed by atoms with Gasteiger partial charge in [0.15, 0.2) is 5.79 Å². The van der Waals surface area contributed by atoms with Gasteiger partial charge in [-0.05, 0) is 13.8 Å². The van der Waals surface area contributed by atoms with Crippen LogP contribution in [-0.2, 0) is 9.47 Å². The summed E-state index contributed by atoms with van der Waals surface area (Å²) in [5.74, 6) is -0.680. The zero-order chi connectivity index (χ0) is 8.48. The van der Waals surface area contributed by atoms with Gasteiger partial charge < -0.3 is 19.7 Å². The van der Waals surface area contributed by atoms with Crippen LogP contribution in [-0.4, -0.2) is 41.4 Å². The average molecular weight is 162 g/mol. The average Bonchev–Trinajstić information content (AvgIpc) is 2.25. The molecular weight excluding hydrogens is 148 g/mol. The van der Waals surface area contributed by atoms with Crippen molar-refractivity contribution in [3.8, 4) is 0 Å². The number of aliphatic hydroxyl groups excluding tert-OH is 2. The van der Waals surface area contributed by atoms with E-state index >= 15 is 0 Å². The van der Waals surface area contributed by atoms with Crippen LogP contribution in [0.2, 0.25) is 0 Å². The zero-order valence-corrected chi connectivity index (χ0v) is 6.78. The van der Waals surface area contributed by atoms with E-state index in [1.807, 2.05) is 0 Å². The molecule has 0 aromatic heterocycles. The Morgan fingerprint density at radius 3 is 1.73 bits per heavy atom. The van der Waals surface area contributed by atoms with Crippen molar-refractivity contribution in [2.45, 2.75) is 31.8 Å². The van der Waals surface area contributed by atoms with Gasteiger partial charge in [0.25, 0.3) is 0 Å². The molecule has 1 rings (SSSR count). The first kappa shape index (κ1) is 8.93. The van der Waals surface area contributed by atoms with Crippen LogP contribution in [0.4, 0.5) is 0 Å². The second-order valence-corrected chi connectivity index (χ2v) is 3.08. The Bertz CT molecular complexity index is 120. The van der Waals surface area contributed by atoms with E-state index in [1.165, 1.54) is 0 Å². The van der Waals surface area contributed by atoms with Crippen molar-refractivity contribution in [2.24, 2.45) is 0 Å². The van der Waals surface area contributed by atoms with Gasteiger partial charge in [-0.3, -0.25) is 0 Å². The van der Waals surface area contributed by atoms with Gasteiger partial charge in [0.2, 0.25) is 0 Å². The normalized spacial score (nSPS) is 36.0. The van der Waals surface area contributed by atoms with Crippen molar-refractivity contribution in [2.75, 3.05) is 13.2 Å². The maximum absolute atomic E-state index is 8.78. The number of ether oxygens (including phenoxy) is 2. The lowest BCUT2D eigenvalue weighted by atomic mass is 10.2. The highest BCUT2D eigenvalue weighted by Crippen LogP contribution is 2.27. The van der Waals surface area contributed by atoms with Gasteiger partial charge in [0.1, 0.15) is 12.2 Å². The van der Waals surface area contributed by atoms with Gasteiger partial charge in [-0.2, -0.15) is 0 Å². The third kappa shape index (κ3) is 1.90. The SMILES string of the molecule is CC1(C)O[C@@H](CO)[C@H](CO)O1. The number of aliphatic hydroxyl groups is 2. The molecule has 11 heavy (non-hydrogen) atoms. The summed E-state index contributed by atoms with van der Waals surface area (Å²) in [5.41, 5.74) is 0. The van der Waals surface area contributed by atoms with Crippen LogP contribution in [0.25, 0.3) is 0 Å². The van der Waals surface area contributed by atoms with Gasteiger partial charge >= 0.3 is 0 Å². The Kier molecular flexibility index (Phi) is 2.49. The summed E-state index contributed by atoms with van der Waals surface area (Å²) < 4.78 is 10.5. The summed E-state index contributed by atoms with van der Waals surface area (Å²) in [4.78, 5) is 0. The second kappa shape index (κ2) is 3.06. The number of hydrogen-bond acceptors (Lipinski definition) is 4. The highest BCUT2D eigenvalue weighted by atomic mass is 16.8. The Balaban J connectivity index is 2.55. The van der Waals surface area contributed by atoms with Crippen LogP contribution in [0.15, 0.2) is 0 Å². The van der Waals surface area contributed by atoms with Crippen molar-refractivity contribution in [1.29, 1.82) is 0 Å². The minimum absolute atomic E-state index is 0.116. The van der Waals surface area contributed by atoms with E-state index in [0.29, 0.717) is 0 Å². The standard InChI is InChI=1S/C7H14O4/c1-7(2)10-5(3-8)6(4-9)11-7/h5-6,8-9H,3-4H2,1-2H3/t5-,6-/m0/s1. The van der Waals surface area contributed by atoms with Gasteiger partial charge in [0, 0.05) is 0 Å². The molecule has 0 aromatic carbocycles. The first-order valence-electron chi connectivity index (χ1n) is 3.66. The summed E-state index contributed by atoms with van der Waals surface area (Å²) >= 11 is 0. The van der Waals surface area contributed by atoms with Crippen molar-refractivity contribution in [1.82, 2.24) is 0 Å². The minimum Gasteiger partial charge on any atom is -0.394 e. The molecule has 0 saturated carbocycles. The molecule has 1 saturated heterocycles. The van der Waals surface area contributed by atoms with E-state index in [2.05, 4.69) is 0 Å². The fourth-order valence-electron chi connectivity index (χ4n) is 1.22. The van der Waals surface area contributed by atoms with Gasteiger partial charge in [0.05, 0.1) is 13.2 Å². The molecule has 0 radical (unpaired) electrons. The first-order chi connectivity index (χ1) is 5.09. The molecule has 1 aliphatic heterocycles. The predicted octanol–water partition coefficient (Wildman–Crippen LogP) is -0.509. The molecule has 0 unspecified atom stereocenters. The van der Waals surface area contributed by atoms with Crippen LogP contribution < -0.4 is 0 Å². The topological polar surface area (TPSA) is 58.9 Å². The lowest BCUT2D eigenvalue weighted by molar-refractivity contribution is -0.151. The van der Waals surface area contributed by atoms with E-state index in [1.54, 1.807) is 13.8 Å². The highest BCUT2D eigenvalue weighted by Gasteiger charge is 2.40. The Labute approximate surface area is 65.7 Å². The van der Waals surface area contributed by atoms with E-state index in [0.717, 1.165) is 0 Å². The molecule has 0 spiro atoms. The molecule has 2 N–H and O–H groups in total. The summed E-state index contributed by atoms with van der Waals surface area (Å²) in [7, 11) is 0. The molecule has 4 nitrogen and oxygen atoms in total. The van der Waals surface area contributed by atoms with Gasteiger partial charge in [-0.1, -0.05) is 0 Å². The molecule has 66 valence electrons. The highest BCUT2D eigenvalue weighted by molar-refractivity contribution is 4.79.